The monoisotopic (exact) mass is 294 g/mol. The van der Waals surface area contributed by atoms with E-state index in [-0.39, 0.29) is 36.1 Å². The number of imide groups is 1. The van der Waals surface area contributed by atoms with E-state index < -0.39 is 16.9 Å². The normalized spacial score (nSPS) is 18.6. The molecule has 9 nitrogen and oxygen atoms in total. The molecule has 0 saturated carbocycles. The third kappa shape index (κ3) is 2.91. The third-order valence-electron chi connectivity index (χ3n) is 3.21. The number of nitrogens with one attached hydrogen (secondary N) is 1. The maximum Gasteiger partial charge on any atom is 0.311 e. The molecule has 0 radical (unpaired) electrons. The Morgan fingerprint density at radius 3 is 2.81 bits per heavy atom. The summed E-state index contributed by atoms with van der Waals surface area (Å²) in [6, 6.07) is 1.88. The van der Waals surface area contributed by atoms with Crippen LogP contribution in [0.5, 0.6) is 5.88 Å². The van der Waals surface area contributed by atoms with Gasteiger partial charge in [0, 0.05) is 25.6 Å². The minimum atomic E-state index is -0.731. The first-order valence-electron chi connectivity index (χ1n) is 6.20. The minimum absolute atomic E-state index is 0.0551. The van der Waals surface area contributed by atoms with Crippen LogP contribution in [0.1, 0.15) is 12.8 Å². The van der Waals surface area contributed by atoms with Crippen LogP contribution >= 0.6 is 0 Å². The number of likely N-dealkylation sites (N-methyl/N-ethyl adjacent to an activating group) is 1. The number of methoxy groups -OCH3 is 1. The van der Waals surface area contributed by atoms with Gasteiger partial charge in [-0.05, 0) is 6.42 Å². The van der Waals surface area contributed by atoms with E-state index in [2.05, 4.69) is 10.3 Å². The standard InChI is InChI=1S/C12H14N4O5/c1-15-10(17)6-3-7(12(15)18)13-11-8(16(19)20)4-5-9(14-11)21-2/h4-5,7H,3,6H2,1-2H3,(H,13,14). The molecule has 1 N–H and O–H groups in total. The zero-order valence-electron chi connectivity index (χ0n) is 11.5. The molecule has 112 valence electrons. The summed E-state index contributed by atoms with van der Waals surface area (Å²) in [6.07, 6.45) is 0.454. The molecule has 0 aromatic carbocycles. The molecule has 2 heterocycles. The lowest BCUT2D eigenvalue weighted by Crippen LogP contribution is -2.48. The van der Waals surface area contributed by atoms with Crippen LogP contribution in [-0.4, -0.2) is 46.8 Å². The number of hydrogen-bond acceptors (Lipinski definition) is 7. The van der Waals surface area contributed by atoms with Crippen molar-refractivity contribution < 1.29 is 19.2 Å². The molecule has 1 aromatic heterocycles. The van der Waals surface area contributed by atoms with Crippen molar-refractivity contribution in [2.45, 2.75) is 18.9 Å². The number of anilines is 1. The van der Waals surface area contributed by atoms with Crippen LogP contribution in [0.3, 0.4) is 0 Å². The van der Waals surface area contributed by atoms with E-state index in [1.807, 2.05) is 0 Å². The van der Waals surface area contributed by atoms with E-state index in [1.54, 1.807) is 0 Å². The van der Waals surface area contributed by atoms with Gasteiger partial charge in [0.1, 0.15) is 6.04 Å². The smallest absolute Gasteiger partial charge is 0.311 e. The van der Waals surface area contributed by atoms with Gasteiger partial charge in [-0.15, -0.1) is 0 Å². The van der Waals surface area contributed by atoms with Crippen molar-refractivity contribution in [2.75, 3.05) is 19.5 Å². The maximum atomic E-state index is 12.0. The highest BCUT2D eigenvalue weighted by molar-refractivity contribution is 6.01. The summed E-state index contributed by atoms with van der Waals surface area (Å²) >= 11 is 0. The van der Waals surface area contributed by atoms with Gasteiger partial charge in [-0.2, -0.15) is 4.98 Å². The van der Waals surface area contributed by atoms with Gasteiger partial charge in [0.15, 0.2) is 0 Å². The summed E-state index contributed by atoms with van der Waals surface area (Å²) in [6.45, 7) is 0. The first-order valence-corrected chi connectivity index (χ1v) is 6.20. The van der Waals surface area contributed by atoms with Crippen molar-refractivity contribution >= 4 is 23.3 Å². The van der Waals surface area contributed by atoms with Crippen molar-refractivity contribution in [2.24, 2.45) is 0 Å². The molecule has 1 unspecified atom stereocenters. The first kappa shape index (κ1) is 14.7. The lowest BCUT2D eigenvalue weighted by Gasteiger charge is -2.28. The zero-order valence-corrected chi connectivity index (χ0v) is 11.5. The van der Waals surface area contributed by atoms with Gasteiger partial charge in [-0.1, -0.05) is 0 Å². The molecule has 1 saturated heterocycles. The minimum Gasteiger partial charge on any atom is -0.481 e. The molecule has 1 atom stereocenters. The van der Waals surface area contributed by atoms with Gasteiger partial charge in [-0.25, -0.2) is 0 Å². The van der Waals surface area contributed by atoms with Crippen molar-refractivity contribution in [3.05, 3.63) is 22.2 Å². The van der Waals surface area contributed by atoms with Gasteiger partial charge >= 0.3 is 5.69 Å². The lowest BCUT2D eigenvalue weighted by molar-refractivity contribution is -0.384. The van der Waals surface area contributed by atoms with Crippen LogP contribution in [0.15, 0.2) is 12.1 Å². The molecule has 1 fully saturated rings. The molecule has 0 spiro atoms. The summed E-state index contributed by atoms with van der Waals surface area (Å²) in [7, 11) is 2.77. The zero-order chi connectivity index (χ0) is 15.6. The van der Waals surface area contributed by atoms with Crippen molar-refractivity contribution in [3.8, 4) is 5.88 Å². The van der Waals surface area contributed by atoms with E-state index >= 15 is 0 Å². The number of nitrogens with zero attached hydrogens (tertiary/aromatic N) is 3. The van der Waals surface area contributed by atoms with E-state index in [0.29, 0.717) is 0 Å². The Hall–Kier alpha value is -2.71. The fourth-order valence-corrected chi connectivity index (χ4v) is 2.02. The summed E-state index contributed by atoms with van der Waals surface area (Å²) in [5.74, 6) is -0.576. The second kappa shape index (κ2) is 5.73. The molecule has 0 bridgehead atoms. The number of amides is 2. The van der Waals surface area contributed by atoms with Crippen molar-refractivity contribution in [1.29, 1.82) is 0 Å². The molecule has 1 aliphatic heterocycles. The molecular formula is C12H14N4O5. The SMILES string of the molecule is COc1ccc([N+](=O)[O-])c(NC2CCC(=O)N(C)C2=O)n1. The number of rotatable bonds is 4. The third-order valence-corrected chi connectivity index (χ3v) is 3.21. The highest BCUT2D eigenvalue weighted by Gasteiger charge is 2.33. The molecule has 2 rings (SSSR count). The van der Waals surface area contributed by atoms with E-state index in [9.17, 15) is 19.7 Å². The summed E-state index contributed by atoms with van der Waals surface area (Å²) < 4.78 is 4.92. The number of pyridine rings is 1. The number of carbonyl (C=O) groups is 2. The van der Waals surface area contributed by atoms with Gasteiger partial charge in [0.05, 0.1) is 12.0 Å². The molecule has 0 aliphatic carbocycles. The number of nitro groups is 1. The number of aromatic nitrogens is 1. The topological polar surface area (TPSA) is 115 Å². The van der Waals surface area contributed by atoms with Gasteiger partial charge < -0.3 is 10.1 Å². The average Bonchev–Trinajstić information content (AvgIpc) is 2.47. The predicted molar refractivity (Wildman–Crippen MR) is 71.9 cm³/mol. The average molecular weight is 294 g/mol. The number of ether oxygens (including phenoxy) is 1. The van der Waals surface area contributed by atoms with Crippen LogP contribution in [-0.2, 0) is 9.59 Å². The Morgan fingerprint density at radius 1 is 1.48 bits per heavy atom. The number of carbonyl (C=O) groups excluding carboxylic acids is 2. The van der Waals surface area contributed by atoms with Crippen molar-refractivity contribution in [1.82, 2.24) is 9.88 Å². The van der Waals surface area contributed by atoms with Crippen LogP contribution in [0.25, 0.3) is 0 Å². The van der Waals surface area contributed by atoms with Gasteiger partial charge in [0.2, 0.25) is 17.6 Å². The lowest BCUT2D eigenvalue weighted by atomic mass is 10.0. The highest BCUT2D eigenvalue weighted by atomic mass is 16.6. The number of likely N-dealkylation sites (tertiary alicyclic amines) is 1. The van der Waals surface area contributed by atoms with Crippen LogP contribution in [0, 0.1) is 10.1 Å². The van der Waals surface area contributed by atoms with Crippen LogP contribution < -0.4 is 10.1 Å². The van der Waals surface area contributed by atoms with Gasteiger partial charge in [-0.3, -0.25) is 24.6 Å². The van der Waals surface area contributed by atoms with Crippen molar-refractivity contribution in [3.63, 3.8) is 0 Å². The highest BCUT2D eigenvalue weighted by Crippen LogP contribution is 2.27. The molecule has 9 heteroatoms. The Bertz CT molecular complexity index is 603. The van der Waals surface area contributed by atoms with Crippen LogP contribution in [0.2, 0.25) is 0 Å². The second-order valence-corrected chi connectivity index (χ2v) is 4.51. The summed E-state index contributed by atoms with van der Waals surface area (Å²) in [4.78, 5) is 38.8. The van der Waals surface area contributed by atoms with E-state index in [4.69, 9.17) is 4.74 Å². The number of hydrogen-bond donors (Lipinski definition) is 1. The molecule has 2 amide bonds. The molecule has 1 aromatic rings. The Balaban J connectivity index is 2.28. The Kier molecular flexibility index (Phi) is 4.01. The van der Waals surface area contributed by atoms with E-state index in [0.717, 1.165) is 4.90 Å². The molecule has 1 aliphatic rings. The quantitative estimate of drug-likeness (QED) is 0.490. The number of piperidine rings is 1. The largest absolute Gasteiger partial charge is 0.481 e. The van der Waals surface area contributed by atoms with Crippen LogP contribution in [0.4, 0.5) is 11.5 Å². The van der Waals surface area contributed by atoms with E-state index in [1.165, 1.54) is 26.3 Å². The molecular weight excluding hydrogens is 280 g/mol. The fraction of sp³-hybridized carbons (Fsp3) is 0.417. The fourth-order valence-electron chi connectivity index (χ4n) is 2.02. The second-order valence-electron chi connectivity index (χ2n) is 4.51. The first-order chi connectivity index (χ1) is 9.93. The Labute approximate surface area is 120 Å². The molecule has 21 heavy (non-hydrogen) atoms. The summed E-state index contributed by atoms with van der Waals surface area (Å²) in [5, 5.41) is 13.7. The Morgan fingerprint density at radius 2 is 2.19 bits per heavy atom. The summed E-state index contributed by atoms with van der Waals surface area (Å²) in [5.41, 5.74) is -0.261. The van der Waals surface area contributed by atoms with Gasteiger partial charge in [0.25, 0.3) is 5.91 Å². The maximum absolute atomic E-state index is 12.0. The predicted octanol–water partition coefficient (Wildman–Crippen LogP) is 0.558.